The maximum atomic E-state index is 6.02. The number of aryl methyl sites for hydroxylation is 1. The lowest BCUT2D eigenvalue weighted by atomic mass is 10.2. The molecule has 23 heavy (non-hydrogen) atoms. The number of fused-ring (bicyclic) bond motifs is 1. The van der Waals surface area contributed by atoms with Gasteiger partial charge in [0.25, 0.3) is 0 Å². The van der Waals surface area contributed by atoms with Crippen LogP contribution in [0.3, 0.4) is 0 Å². The Morgan fingerprint density at radius 1 is 1.17 bits per heavy atom. The average Bonchev–Trinajstić information content (AvgIpc) is 3.00. The lowest BCUT2D eigenvalue weighted by molar-refractivity contribution is 0.299. The number of H-pyrrole nitrogens is 1. The van der Waals surface area contributed by atoms with E-state index in [1.54, 1.807) is 6.20 Å². The van der Waals surface area contributed by atoms with Crippen molar-refractivity contribution in [3.63, 3.8) is 0 Å². The van der Waals surface area contributed by atoms with E-state index in [0.29, 0.717) is 18.0 Å². The van der Waals surface area contributed by atoms with E-state index in [4.69, 9.17) is 9.47 Å². The Morgan fingerprint density at radius 3 is 2.65 bits per heavy atom. The maximum absolute atomic E-state index is 6.02. The molecule has 2 heterocycles. The van der Waals surface area contributed by atoms with Gasteiger partial charge in [0, 0.05) is 17.5 Å². The Morgan fingerprint density at radius 2 is 1.96 bits per heavy atom. The van der Waals surface area contributed by atoms with Crippen molar-refractivity contribution in [1.82, 2.24) is 15.2 Å². The lowest BCUT2D eigenvalue weighted by Crippen LogP contribution is -1.91. The molecule has 5 heteroatoms. The van der Waals surface area contributed by atoms with E-state index in [-0.39, 0.29) is 0 Å². The molecule has 0 radical (unpaired) electrons. The summed E-state index contributed by atoms with van der Waals surface area (Å²) in [6.45, 7) is 8.51. The SMILES string of the molecule is C=C(OCC)c1ccc(Oc2ccnc3n[nH]c(CC)c23)cc1. The highest BCUT2D eigenvalue weighted by Gasteiger charge is 2.12. The van der Waals surface area contributed by atoms with Crippen molar-refractivity contribution >= 4 is 16.8 Å². The van der Waals surface area contributed by atoms with Gasteiger partial charge in [-0.3, -0.25) is 5.10 Å². The topological polar surface area (TPSA) is 60.0 Å². The summed E-state index contributed by atoms with van der Waals surface area (Å²) in [5, 5.41) is 8.14. The summed E-state index contributed by atoms with van der Waals surface area (Å²) in [4.78, 5) is 4.26. The van der Waals surface area contributed by atoms with Crippen molar-refractivity contribution in [2.45, 2.75) is 20.3 Å². The van der Waals surface area contributed by atoms with E-state index in [1.165, 1.54) is 0 Å². The number of aromatic amines is 1. The van der Waals surface area contributed by atoms with E-state index in [0.717, 1.165) is 34.6 Å². The largest absolute Gasteiger partial charge is 0.494 e. The zero-order valence-electron chi connectivity index (χ0n) is 13.3. The first-order valence-corrected chi connectivity index (χ1v) is 7.64. The summed E-state index contributed by atoms with van der Waals surface area (Å²) in [6, 6.07) is 9.52. The third-order valence-corrected chi connectivity index (χ3v) is 3.57. The summed E-state index contributed by atoms with van der Waals surface area (Å²) in [7, 11) is 0. The average molecular weight is 309 g/mol. The molecule has 0 aliphatic carbocycles. The highest BCUT2D eigenvalue weighted by molar-refractivity contribution is 5.84. The van der Waals surface area contributed by atoms with Crippen LogP contribution < -0.4 is 4.74 Å². The van der Waals surface area contributed by atoms with E-state index < -0.39 is 0 Å². The second-order valence-corrected chi connectivity index (χ2v) is 5.05. The van der Waals surface area contributed by atoms with Gasteiger partial charge in [-0.25, -0.2) is 4.98 Å². The fraction of sp³-hybridized carbons (Fsp3) is 0.222. The van der Waals surface area contributed by atoms with Crippen LogP contribution in [0, 0.1) is 0 Å². The van der Waals surface area contributed by atoms with Crippen molar-refractivity contribution in [2.24, 2.45) is 0 Å². The molecule has 5 nitrogen and oxygen atoms in total. The Hall–Kier alpha value is -2.82. The first-order valence-electron chi connectivity index (χ1n) is 7.64. The molecule has 0 saturated heterocycles. The van der Waals surface area contributed by atoms with E-state index in [1.807, 2.05) is 37.3 Å². The van der Waals surface area contributed by atoms with Crippen molar-refractivity contribution in [3.8, 4) is 11.5 Å². The summed E-state index contributed by atoms with van der Waals surface area (Å²) in [6.07, 6.45) is 2.54. The van der Waals surface area contributed by atoms with Crippen molar-refractivity contribution in [3.05, 3.63) is 54.4 Å². The van der Waals surface area contributed by atoms with Crippen LogP contribution in [0.15, 0.2) is 43.1 Å². The maximum Gasteiger partial charge on any atom is 0.184 e. The van der Waals surface area contributed by atoms with Gasteiger partial charge in [-0.15, -0.1) is 0 Å². The zero-order chi connectivity index (χ0) is 16.2. The van der Waals surface area contributed by atoms with Crippen LogP contribution in [-0.2, 0) is 11.2 Å². The molecule has 2 aromatic heterocycles. The third-order valence-electron chi connectivity index (χ3n) is 3.57. The summed E-state index contributed by atoms with van der Waals surface area (Å²) in [5.74, 6) is 2.15. The van der Waals surface area contributed by atoms with Gasteiger partial charge in [0.15, 0.2) is 5.65 Å². The van der Waals surface area contributed by atoms with Crippen LogP contribution in [0.5, 0.6) is 11.5 Å². The number of hydrogen-bond donors (Lipinski definition) is 1. The van der Waals surface area contributed by atoms with E-state index >= 15 is 0 Å². The third kappa shape index (κ3) is 3.04. The minimum atomic E-state index is 0.604. The van der Waals surface area contributed by atoms with Crippen LogP contribution in [0.1, 0.15) is 25.1 Å². The van der Waals surface area contributed by atoms with Crippen molar-refractivity contribution in [2.75, 3.05) is 6.61 Å². The predicted octanol–water partition coefficient (Wildman–Crippen LogP) is 4.32. The van der Waals surface area contributed by atoms with Crippen LogP contribution in [0.25, 0.3) is 16.8 Å². The molecule has 3 aromatic rings. The monoisotopic (exact) mass is 309 g/mol. The van der Waals surface area contributed by atoms with E-state index in [9.17, 15) is 0 Å². The second-order valence-electron chi connectivity index (χ2n) is 5.05. The molecule has 1 aromatic carbocycles. The number of aromatic nitrogens is 3. The predicted molar refractivity (Wildman–Crippen MR) is 90.4 cm³/mol. The zero-order valence-corrected chi connectivity index (χ0v) is 13.3. The highest BCUT2D eigenvalue weighted by Crippen LogP contribution is 2.31. The van der Waals surface area contributed by atoms with Gasteiger partial charge >= 0.3 is 0 Å². The molecular weight excluding hydrogens is 290 g/mol. The van der Waals surface area contributed by atoms with Gasteiger partial charge in [0.2, 0.25) is 0 Å². The van der Waals surface area contributed by atoms with Gasteiger partial charge in [-0.2, -0.15) is 5.10 Å². The van der Waals surface area contributed by atoms with Crippen molar-refractivity contribution < 1.29 is 9.47 Å². The van der Waals surface area contributed by atoms with Gasteiger partial charge in [-0.1, -0.05) is 13.5 Å². The molecule has 0 atom stereocenters. The molecule has 0 spiro atoms. The molecule has 0 aliphatic rings. The second kappa shape index (κ2) is 6.52. The molecule has 3 rings (SSSR count). The highest BCUT2D eigenvalue weighted by atomic mass is 16.5. The van der Waals surface area contributed by atoms with Crippen LogP contribution in [-0.4, -0.2) is 21.8 Å². The van der Waals surface area contributed by atoms with Crippen LogP contribution in [0.2, 0.25) is 0 Å². The molecule has 118 valence electrons. The summed E-state index contributed by atoms with van der Waals surface area (Å²) in [5.41, 5.74) is 2.63. The number of pyridine rings is 1. The Labute approximate surface area is 135 Å². The minimum Gasteiger partial charge on any atom is -0.494 e. The number of ether oxygens (including phenoxy) is 2. The molecule has 0 unspecified atom stereocenters. The minimum absolute atomic E-state index is 0.604. The fourth-order valence-corrected chi connectivity index (χ4v) is 2.41. The molecule has 0 amide bonds. The first-order chi connectivity index (χ1) is 11.2. The van der Waals surface area contributed by atoms with E-state index in [2.05, 4.69) is 28.7 Å². The van der Waals surface area contributed by atoms with Gasteiger partial charge in [0.1, 0.15) is 17.3 Å². The van der Waals surface area contributed by atoms with Gasteiger partial charge in [0.05, 0.1) is 12.0 Å². The number of nitrogens with zero attached hydrogens (tertiary/aromatic N) is 2. The van der Waals surface area contributed by atoms with Gasteiger partial charge < -0.3 is 9.47 Å². The quantitative estimate of drug-likeness (QED) is 0.689. The van der Waals surface area contributed by atoms with Crippen LogP contribution in [0.4, 0.5) is 0 Å². The Balaban J connectivity index is 1.87. The molecular formula is C18H19N3O2. The molecule has 0 bridgehead atoms. The molecule has 0 fully saturated rings. The normalized spacial score (nSPS) is 10.7. The smallest absolute Gasteiger partial charge is 0.184 e. The lowest BCUT2D eigenvalue weighted by Gasteiger charge is -2.10. The van der Waals surface area contributed by atoms with Crippen molar-refractivity contribution in [1.29, 1.82) is 0 Å². The van der Waals surface area contributed by atoms with Crippen LogP contribution >= 0.6 is 0 Å². The molecule has 0 aliphatic heterocycles. The standard InChI is InChI=1S/C18H19N3O2/c1-4-15-17-16(10-11-19-18(17)21-20-15)23-14-8-6-13(7-9-14)12(3)22-5-2/h6-11H,3-5H2,1-2H3,(H,19,20,21). The molecule has 1 N–H and O–H groups in total. The first kappa shape index (κ1) is 15.1. The number of benzene rings is 1. The number of hydrogen-bond acceptors (Lipinski definition) is 4. The van der Waals surface area contributed by atoms with Gasteiger partial charge in [-0.05, 0) is 43.7 Å². The Bertz CT molecular complexity index is 822. The summed E-state index contributed by atoms with van der Waals surface area (Å²) >= 11 is 0. The fourth-order valence-electron chi connectivity index (χ4n) is 2.41. The summed E-state index contributed by atoms with van der Waals surface area (Å²) < 4.78 is 11.4. The number of rotatable bonds is 6. The Kier molecular flexibility index (Phi) is 4.28. The number of nitrogens with one attached hydrogen (secondary N) is 1. The molecule has 0 saturated carbocycles.